The molecule has 122 valence electrons. The third kappa shape index (κ3) is 3.54. The molecule has 2 aliphatic heterocycles. The lowest BCUT2D eigenvalue weighted by atomic mass is 9.75. The lowest BCUT2D eigenvalue weighted by Crippen LogP contribution is -2.41. The summed E-state index contributed by atoms with van der Waals surface area (Å²) < 4.78 is 17.7. The second kappa shape index (κ2) is 6.71. The van der Waals surface area contributed by atoms with E-state index >= 15 is 0 Å². The fraction of sp³-hybridized carbons (Fsp3) is 0.647. The summed E-state index contributed by atoms with van der Waals surface area (Å²) >= 11 is 0. The molecule has 2 saturated heterocycles. The van der Waals surface area contributed by atoms with E-state index in [9.17, 15) is 0 Å². The molecule has 2 heterocycles. The summed E-state index contributed by atoms with van der Waals surface area (Å²) in [6.45, 7) is 20.4. The average Bonchev–Trinajstić information content (AvgIpc) is 2.68. The van der Waals surface area contributed by atoms with E-state index in [1.165, 1.54) is 0 Å². The first-order chi connectivity index (χ1) is 10.3. The van der Waals surface area contributed by atoms with Crippen LogP contribution in [0.3, 0.4) is 0 Å². The van der Waals surface area contributed by atoms with Crippen LogP contribution < -0.4 is 0 Å². The smallest absolute Gasteiger partial charge is 0.399 e. The quantitative estimate of drug-likeness (QED) is 0.577. The standard InChI is InChI=1S/C17H28BNO3/c1-7-14(13-19-9-11-20-12-10-19)15(8-2)18-21-16(3,4)17(5,6)22-18/h7-8H,1-2,9-13H2,3-6H3/b15-14-. The second-order valence-electron chi connectivity index (χ2n) is 6.87. The van der Waals surface area contributed by atoms with E-state index in [1.54, 1.807) is 0 Å². The van der Waals surface area contributed by atoms with E-state index in [2.05, 4.69) is 45.8 Å². The first-order valence-electron chi connectivity index (χ1n) is 7.94. The minimum atomic E-state index is -0.392. The zero-order valence-electron chi connectivity index (χ0n) is 14.4. The van der Waals surface area contributed by atoms with Crippen LogP contribution >= 0.6 is 0 Å². The lowest BCUT2D eigenvalue weighted by molar-refractivity contribution is 0.00578. The molecule has 0 amide bonds. The van der Waals surface area contributed by atoms with Crippen molar-refractivity contribution in [2.75, 3.05) is 32.8 Å². The predicted molar refractivity (Wildman–Crippen MR) is 90.8 cm³/mol. The van der Waals surface area contributed by atoms with Gasteiger partial charge in [0.1, 0.15) is 0 Å². The molecule has 2 aliphatic rings. The minimum absolute atomic E-state index is 0.350. The molecule has 0 aromatic carbocycles. The van der Waals surface area contributed by atoms with Crippen molar-refractivity contribution in [1.82, 2.24) is 4.90 Å². The Hall–Kier alpha value is -0.875. The molecule has 4 nitrogen and oxygen atoms in total. The van der Waals surface area contributed by atoms with E-state index in [0.29, 0.717) is 0 Å². The summed E-state index contributed by atoms with van der Waals surface area (Å²) in [6.07, 6.45) is 3.72. The molecule has 0 aromatic rings. The fourth-order valence-electron chi connectivity index (χ4n) is 2.62. The molecule has 5 heteroatoms. The molecule has 22 heavy (non-hydrogen) atoms. The highest BCUT2D eigenvalue weighted by atomic mass is 16.7. The van der Waals surface area contributed by atoms with Crippen LogP contribution in [0.5, 0.6) is 0 Å². The first-order valence-corrected chi connectivity index (χ1v) is 7.94. The zero-order chi connectivity index (χ0) is 16.4. The Kier molecular flexibility index (Phi) is 5.33. The van der Waals surface area contributed by atoms with Gasteiger partial charge >= 0.3 is 7.12 Å². The van der Waals surface area contributed by atoms with Gasteiger partial charge in [0, 0.05) is 19.6 Å². The molecule has 2 rings (SSSR count). The van der Waals surface area contributed by atoms with E-state index in [4.69, 9.17) is 14.0 Å². The van der Waals surface area contributed by atoms with Gasteiger partial charge in [-0.25, -0.2) is 0 Å². The molecule has 0 unspecified atom stereocenters. The van der Waals surface area contributed by atoms with Gasteiger partial charge in [-0.2, -0.15) is 0 Å². The van der Waals surface area contributed by atoms with Crippen molar-refractivity contribution in [3.05, 3.63) is 36.4 Å². The van der Waals surface area contributed by atoms with Gasteiger partial charge in [-0.15, -0.1) is 0 Å². The summed E-state index contributed by atoms with van der Waals surface area (Å²) in [5, 5.41) is 0. The van der Waals surface area contributed by atoms with Gasteiger partial charge in [-0.05, 0) is 38.7 Å². The van der Waals surface area contributed by atoms with Crippen molar-refractivity contribution in [2.45, 2.75) is 38.9 Å². The van der Waals surface area contributed by atoms with Crippen molar-refractivity contribution in [3.63, 3.8) is 0 Å². The lowest BCUT2D eigenvalue weighted by Gasteiger charge is -2.32. The van der Waals surface area contributed by atoms with Crippen LogP contribution in [0.1, 0.15) is 27.7 Å². The first kappa shape index (κ1) is 17.5. The summed E-state index contributed by atoms with van der Waals surface area (Å²) in [4.78, 5) is 2.36. The molecular weight excluding hydrogens is 277 g/mol. The molecule has 2 fully saturated rings. The Morgan fingerprint density at radius 1 is 1.05 bits per heavy atom. The van der Waals surface area contributed by atoms with Crippen LogP contribution in [-0.4, -0.2) is 56.1 Å². The van der Waals surface area contributed by atoms with Gasteiger partial charge in [-0.3, -0.25) is 4.90 Å². The molecule has 0 N–H and O–H groups in total. The molecule has 0 saturated carbocycles. The third-order valence-corrected chi connectivity index (χ3v) is 4.84. The monoisotopic (exact) mass is 305 g/mol. The van der Waals surface area contributed by atoms with Crippen LogP contribution in [0, 0.1) is 0 Å². The average molecular weight is 305 g/mol. The summed E-state index contributed by atoms with van der Waals surface area (Å²) in [7, 11) is -0.392. The predicted octanol–water partition coefficient (Wildman–Crippen LogP) is 2.62. The molecule has 0 spiro atoms. The van der Waals surface area contributed by atoms with Gasteiger partial charge < -0.3 is 14.0 Å². The van der Waals surface area contributed by atoms with Gasteiger partial charge in [-0.1, -0.05) is 25.3 Å². The van der Waals surface area contributed by atoms with Gasteiger partial charge in [0.15, 0.2) is 0 Å². The van der Waals surface area contributed by atoms with Gasteiger partial charge in [0.25, 0.3) is 0 Å². The number of allylic oxidation sites excluding steroid dienone is 2. The maximum atomic E-state index is 6.15. The molecule has 0 bridgehead atoms. The maximum Gasteiger partial charge on any atom is 0.495 e. The number of hydrogen-bond acceptors (Lipinski definition) is 4. The number of rotatable bonds is 5. The van der Waals surface area contributed by atoms with E-state index in [1.807, 2.05) is 12.2 Å². The number of ether oxygens (including phenoxy) is 1. The number of nitrogens with zero attached hydrogens (tertiary/aromatic N) is 1. The highest BCUT2D eigenvalue weighted by molar-refractivity contribution is 6.56. The van der Waals surface area contributed by atoms with Crippen LogP contribution in [0.4, 0.5) is 0 Å². The van der Waals surface area contributed by atoms with Crippen molar-refractivity contribution < 1.29 is 14.0 Å². The second-order valence-corrected chi connectivity index (χ2v) is 6.87. The van der Waals surface area contributed by atoms with Crippen LogP contribution in [0.15, 0.2) is 36.4 Å². The Bertz CT molecular complexity index is 449. The summed E-state index contributed by atoms with van der Waals surface area (Å²) in [6, 6.07) is 0. The molecule has 0 aliphatic carbocycles. The topological polar surface area (TPSA) is 30.9 Å². The zero-order valence-corrected chi connectivity index (χ0v) is 14.4. The van der Waals surface area contributed by atoms with Crippen LogP contribution in [0.25, 0.3) is 0 Å². The van der Waals surface area contributed by atoms with E-state index in [0.717, 1.165) is 43.9 Å². The highest BCUT2D eigenvalue weighted by Gasteiger charge is 2.52. The van der Waals surface area contributed by atoms with E-state index in [-0.39, 0.29) is 11.2 Å². The molecule has 0 aromatic heterocycles. The summed E-state index contributed by atoms with van der Waals surface area (Å²) in [5.41, 5.74) is 1.38. The SMILES string of the molecule is C=C/C(CN1CCOCC1)=C(\C=C)B1OC(C)(C)C(C)(C)O1. The van der Waals surface area contributed by atoms with Crippen molar-refractivity contribution in [2.24, 2.45) is 0 Å². The number of morpholine rings is 1. The maximum absolute atomic E-state index is 6.15. The summed E-state index contributed by atoms with van der Waals surface area (Å²) in [5.74, 6) is 0. The van der Waals surface area contributed by atoms with Crippen molar-refractivity contribution in [3.8, 4) is 0 Å². The Labute approximate surface area is 134 Å². The number of hydrogen-bond donors (Lipinski definition) is 0. The van der Waals surface area contributed by atoms with Crippen molar-refractivity contribution in [1.29, 1.82) is 0 Å². The normalized spacial score (nSPS) is 25.7. The van der Waals surface area contributed by atoms with Crippen molar-refractivity contribution >= 4 is 7.12 Å². The van der Waals surface area contributed by atoms with Crippen LogP contribution in [-0.2, 0) is 14.0 Å². The third-order valence-electron chi connectivity index (χ3n) is 4.84. The fourth-order valence-corrected chi connectivity index (χ4v) is 2.62. The Morgan fingerprint density at radius 3 is 2.05 bits per heavy atom. The van der Waals surface area contributed by atoms with Gasteiger partial charge in [0.05, 0.1) is 24.4 Å². The molecule has 0 radical (unpaired) electrons. The molecular formula is C17H28BNO3. The Morgan fingerprint density at radius 2 is 1.59 bits per heavy atom. The minimum Gasteiger partial charge on any atom is -0.399 e. The Balaban J connectivity index is 2.20. The van der Waals surface area contributed by atoms with Gasteiger partial charge in [0.2, 0.25) is 0 Å². The highest BCUT2D eigenvalue weighted by Crippen LogP contribution is 2.39. The van der Waals surface area contributed by atoms with E-state index < -0.39 is 7.12 Å². The van der Waals surface area contributed by atoms with Crippen LogP contribution in [0.2, 0.25) is 0 Å². The molecule has 0 atom stereocenters. The largest absolute Gasteiger partial charge is 0.495 e.